The number of benzene rings is 1. The van der Waals surface area contributed by atoms with Crippen LogP contribution in [0.25, 0.3) is 10.9 Å². The first-order chi connectivity index (χ1) is 9.63. The molecule has 0 amide bonds. The summed E-state index contributed by atoms with van der Waals surface area (Å²) in [7, 11) is 0. The molecule has 3 rings (SSSR count). The van der Waals surface area contributed by atoms with Gasteiger partial charge in [-0.15, -0.1) is 5.10 Å². The number of carboxylic acids is 1. The van der Waals surface area contributed by atoms with E-state index in [2.05, 4.69) is 36.9 Å². The molecule has 1 aromatic carbocycles. The number of hydrogen-bond acceptors (Lipinski definition) is 3. The lowest BCUT2D eigenvalue weighted by molar-refractivity contribution is 0.0690. The minimum absolute atomic E-state index is 0.0369. The molecule has 0 unspecified atom stereocenters. The van der Waals surface area contributed by atoms with Gasteiger partial charge in [0.15, 0.2) is 5.69 Å². The number of aromatic carboxylic acids is 1. The van der Waals surface area contributed by atoms with Gasteiger partial charge in [-0.1, -0.05) is 27.2 Å². The first-order valence-corrected chi connectivity index (χ1v) is 6.80. The number of hydrogen-bond donors (Lipinski definition) is 1. The molecule has 20 heavy (non-hydrogen) atoms. The van der Waals surface area contributed by atoms with E-state index < -0.39 is 5.97 Å². The molecule has 2 aromatic heterocycles. The Morgan fingerprint density at radius 1 is 1.30 bits per heavy atom. The summed E-state index contributed by atoms with van der Waals surface area (Å²) in [6.07, 6.45) is 3.44. The predicted octanol–water partition coefficient (Wildman–Crippen LogP) is 2.39. The van der Waals surface area contributed by atoms with Crippen LogP contribution >= 0.6 is 15.9 Å². The molecule has 102 valence electrons. The normalized spacial score (nSPS) is 11.1. The van der Waals surface area contributed by atoms with E-state index in [1.54, 1.807) is 0 Å². The Kier molecular flexibility index (Phi) is 3.27. The summed E-state index contributed by atoms with van der Waals surface area (Å²) in [5, 5.41) is 17.3. The van der Waals surface area contributed by atoms with Gasteiger partial charge in [0.2, 0.25) is 0 Å². The highest BCUT2D eigenvalue weighted by Crippen LogP contribution is 2.20. The molecule has 1 N–H and O–H groups in total. The van der Waals surface area contributed by atoms with Crippen LogP contribution in [0.4, 0.5) is 0 Å². The van der Waals surface area contributed by atoms with Gasteiger partial charge in [-0.25, -0.2) is 9.48 Å². The van der Waals surface area contributed by atoms with Crippen LogP contribution in [0, 0.1) is 0 Å². The molecule has 0 saturated heterocycles. The van der Waals surface area contributed by atoms with E-state index in [4.69, 9.17) is 5.11 Å². The Hall–Kier alpha value is -2.15. The van der Waals surface area contributed by atoms with Crippen LogP contribution in [0.5, 0.6) is 0 Å². The van der Waals surface area contributed by atoms with Crippen molar-refractivity contribution < 1.29 is 9.90 Å². The van der Waals surface area contributed by atoms with E-state index in [9.17, 15) is 4.79 Å². The Morgan fingerprint density at radius 2 is 2.15 bits per heavy atom. The lowest BCUT2D eigenvalue weighted by Gasteiger charge is -2.05. The fraction of sp³-hybridized carbons (Fsp3) is 0.154. The highest BCUT2D eigenvalue weighted by atomic mass is 79.9. The molecule has 0 fully saturated rings. The lowest BCUT2D eigenvalue weighted by Crippen LogP contribution is -2.07. The Labute approximate surface area is 122 Å². The van der Waals surface area contributed by atoms with Crippen LogP contribution in [-0.2, 0) is 13.1 Å². The van der Waals surface area contributed by atoms with Crippen molar-refractivity contribution >= 4 is 32.8 Å². The summed E-state index contributed by atoms with van der Waals surface area (Å²) >= 11 is 3.46. The van der Waals surface area contributed by atoms with Gasteiger partial charge in [0.1, 0.15) is 0 Å². The van der Waals surface area contributed by atoms with Crippen molar-refractivity contribution in [2.45, 2.75) is 13.1 Å². The molecule has 0 saturated carbocycles. The molecule has 2 heterocycles. The second kappa shape index (κ2) is 5.09. The zero-order valence-corrected chi connectivity index (χ0v) is 12.0. The van der Waals surface area contributed by atoms with Crippen molar-refractivity contribution in [3.63, 3.8) is 0 Å². The Bertz CT molecular complexity index is 778. The van der Waals surface area contributed by atoms with Gasteiger partial charge in [0, 0.05) is 22.7 Å². The number of halogens is 1. The number of fused-ring (bicyclic) bond motifs is 1. The minimum atomic E-state index is -1.06. The van der Waals surface area contributed by atoms with E-state index in [-0.39, 0.29) is 5.69 Å². The van der Waals surface area contributed by atoms with Crippen molar-refractivity contribution in [3.05, 3.63) is 46.8 Å². The molecule has 0 aliphatic carbocycles. The van der Waals surface area contributed by atoms with E-state index in [1.165, 1.54) is 10.9 Å². The largest absolute Gasteiger partial charge is 0.476 e. The molecule has 3 aromatic rings. The summed E-state index contributed by atoms with van der Waals surface area (Å²) in [5.41, 5.74) is 1.09. The molecule has 0 bridgehead atoms. The van der Waals surface area contributed by atoms with Crippen LogP contribution in [0.2, 0.25) is 0 Å². The Balaban J connectivity index is 1.79. The third-order valence-corrected chi connectivity index (χ3v) is 3.56. The summed E-state index contributed by atoms with van der Waals surface area (Å²) in [6, 6.07) is 8.16. The topological polar surface area (TPSA) is 72.9 Å². The second-order valence-electron chi connectivity index (χ2n) is 4.38. The average Bonchev–Trinajstić information content (AvgIpc) is 3.02. The van der Waals surface area contributed by atoms with Gasteiger partial charge >= 0.3 is 5.97 Å². The highest BCUT2D eigenvalue weighted by molar-refractivity contribution is 9.10. The summed E-state index contributed by atoms with van der Waals surface area (Å²) in [6.45, 7) is 1.26. The molecule has 0 aliphatic rings. The number of nitrogens with zero attached hydrogens (tertiary/aromatic N) is 4. The van der Waals surface area contributed by atoms with Gasteiger partial charge in [0.05, 0.1) is 12.7 Å². The third-order valence-electron chi connectivity index (χ3n) is 3.06. The summed E-state index contributed by atoms with van der Waals surface area (Å²) in [5.74, 6) is -1.06. The molecule has 0 radical (unpaired) electrons. The summed E-state index contributed by atoms with van der Waals surface area (Å²) < 4.78 is 4.66. The summed E-state index contributed by atoms with van der Waals surface area (Å²) in [4.78, 5) is 10.7. The van der Waals surface area contributed by atoms with E-state index in [0.717, 1.165) is 15.4 Å². The van der Waals surface area contributed by atoms with Crippen LogP contribution in [0.1, 0.15) is 10.5 Å². The van der Waals surface area contributed by atoms with Crippen LogP contribution in [0.15, 0.2) is 41.1 Å². The van der Waals surface area contributed by atoms with Crippen molar-refractivity contribution in [3.8, 4) is 0 Å². The van der Waals surface area contributed by atoms with Gasteiger partial charge in [-0.3, -0.25) is 0 Å². The predicted molar refractivity (Wildman–Crippen MR) is 76.6 cm³/mol. The van der Waals surface area contributed by atoms with E-state index >= 15 is 0 Å². The van der Waals surface area contributed by atoms with Crippen molar-refractivity contribution in [1.82, 2.24) is 19.6 Å². The molecular weight excluding hydrogens is 324 g/mol. The number of carboxylic acid groups (broad SMARTS) is 1. The number of rotatable bonds is 4. The van der Waals surface area contributed by atoms with Crippen LogP contribution < -0.4 is 0 Å². The van der Waals surface area contributed by atoms with Crippen molar-refractivity contribution in [1.29, 1.82) is 0 Å². The fourth-order valence-electron chi connectivity index (χ4n) is 2.07. The molecule has 0 aliphatic heterocycles. The second-order valence-corrected chi connectivity index (χ2v) is 5.30. The van der Waals surface area contributed by atoms with Crippen molar-refractivity contribution in [2.24, 2.45) is 0 Å². The first kappa shape index (κ1) is 12.9. The van der Waals surface area contributed by atoms with Gasteiger partial charge in [-0.2, -0.15) is 0 Å². The minimum Gasteiger partial charge on any atom is -0.476 e. The zero-order chi connectivity index (χ0) is 14.1. The van der Waals surface area contributed by atoms with Gasteiger partial charge in [0.25, 0.3) is 0 Å². The SMILES string of the molecule is O=C(O)c1cn(CCn2ccc3ccc(Br)cc32)nn1. The van der Waals surface area contributed by atoms with Crippen LogP contribution in [0.3, 0.4) is 0 Å². The maximum Gasteiger partial charge on any atom is 0.358 e. The first-order valence-electron chi connectivity index (χ1n) is 6.01. The standard InChI is InChI=1S/C13H11BrN4O2/c14-10-2-1-9-3-4-17(12(9)7-10)5-6-18-8-11(13(19)20)15-16-18/h1-4,7-8H,5-6H2,(H,19,20). The van der Waals surface area contributed by atoms with Crippen molar-refractivity contribution in [2.75, 3.05) is 0 Å². The molecule has 0 atom stereocenters. The van der Waals surface area contributed by atoms with Gasteiger partial charge in [-0.05, 0) is 23.6 Å². The van der Waals surface area contributed by atoms with E-state index in [1.807, 2.05) is 24.4 Å². The number of carbonyl (C=O) groups is 1. The van der Waals surface area contributed by atoms with Crippen LogP contribution in [-0.4, -0.2) is 30.6 Å². The Morgan fingerprint density at radius 3 is 2.90 bits per heavy atom. The van der Waals surface area contributed by atoms with Gasteiger partial charge < -0.3 is 9.67 Å². The molecular formula is C13H11BrN4O2. The van der Waals surface area contributed by atoms with E-state index in [0.29, 0.717) is 13.1 Å². The smallest absolute Gasteiger partial charge is 0.358 e. The molecule has 0 spiro atoms. The fourth-order valence-corrected chi connectivity index (χ4v) is 2.42. The maximum atomic E-state index is 10.7. The average molecular weight is 335 g/mol. The third kappa shape index (κ3) is 2.44. The molecule has 6 nitrogen and oxygen atoms in total. The highest BCUT2D eigenvalue weighted by Gasteiger charge is 2.08. The zero-order valence-electron chi connectivity index (χ0n) is 10.4. The quantitative estimate of drug-likeness (QED) is 0.795. The maximum absolute atomic E-state index is 10.7. The molecule has 7 heteroatoms. The monoisotopic (exact) mass is 334 g/mol. The lowest BCUT2D eigenvalue weighted by atomic mass is 10.2. The number of aryl methyl sites for hydroxylation is 2. The number of aromatic nitrogens is 4.